The molecule has 0 saturated heterocycles. The number of hydrogen-bond acceptors (Lipinski definition) is 4. The molecular weight excluding hydrogens is 222 g/mol. The number of rotatable bonds is 5. The van der Waals surface area contributed by atoms with Crippen molar-refractivity contribution in [2.24, 2.45) is 5.41 Å². The second-order valence-electron chi connectivity index (χ2n) is 3.90. The Hall–Kier alpha value is -1.91. The van der Waals surface area contributed by atoms with Crippen molar-refractivity contribution in [1.82, 2.24) is 4.98 Å². The molecule has 1 atom stereocenters. The first kappa shape index (κ1) is 13.2. The van der Waals surface area contributed by atoms with E-state index in [2.05, 4.69) is 4.98 Å². The molecule has 5 heteroatoms. The van der Waals surface area contributed by atoms with Crippen LogP contribution in [-0.2, 0) is 20.7 Å². The molecule has 17 heavy (non-hydrogen) atoms. The van der Waals surface area contributed by atoms with E-state index < -0.39 is 17.4 Å². The summed E-state index contributed by atoms with van der Waals surface area (Å²) in [5.41, 5.74) is -0.885. The van der Waals surface area contributed by atoms with Crippen molar-refractivity contribution in [2.45, 2.75) is 20.3 Å². The molecule has 0 spiro atoms. The van der Waals surface area contributed by atoms with E-state index in [-0.39, 0.29) is 13.0 Å². The lowest BCUT2D eigenvalue weighted by atomic mass is 9.84. The number of carbonyl (C=O) groups excluding carboxylic acids is 1. The molecule has 5 nitrogen and oxygen atoms in total. The van der Waals surface area contributed by atoms with Gasteiger partial charge in [0.05, 0.1) is 6.61 Å². The van der Waals surface area contributed by atoms with E-state index in [0.717, 1.165) is 0 Å². The Balaban J connectivity index is 2.93. The minimum atomic E-state index is -1.57. The molecule has 0 saturated carbocycles. The fourth-order valence-electron chi connectivity index (χ4n) is 1.44. The van der Waals surface area contributed by atoms with E-state index in [1.807, 2.05) is 0 Å². The SMILES string of the molecule is CCOC(=O)C(C)(Cc1cccnc1)C(=O)O. The van der Waals surface area contributed by atoms with Gasteiger partial charge in [-0.15, -0.1) is 0 Å². The Labute approximate surface area is 99.4 Å². The zero-order chi connectivity index (χ0) is 12.9. The van der Waals surface area contributed by atoms with Crippen LogP contribution in [0.2, 0.25) is 0 Å². The molecule has 0 aliphatic carbocycles. The fraction of sp³-hybridized carbons (Fsp3) is 0.417. The summed E-state index contributed by atoms with van der Waals surface area (Å²) < 4.78 is 4.80. The van der Waals surface area contributed by atoms with Gasteiger partial charge in [0, 0.05) is 18.8 Å². The summed E-state index contributed by atoms with van der Waals surface area (Å²) in [6.07, 6.45) is 3.20. The Morgan fingerprint density at radius 1 is 1.53 bits per heavy atom. The van der Waals surface area contributed by atoms with Gasteiger partial charge in [0.25, 0.3) is 0 Å². The van der Waals surface area contributed by atoms with Gasteiger partial charge in [0.15, 0.2) is 5.41 Å². The number of nitrogens with zero attached hydrogens (tertiary/aromatic N) is 1. The van der Waals surface area contributed by atoms with Gasteiger partial charge in [-0.3, -0.25) is 14.6 Å². The number of pyridine rings is 1. The van der Waals surface area contributed by atoms with Crippen molar-refractivity contribution in [3.05, 3.63) is 30.1 Å². The largest absolute Gasteiger partial charge is 0.480 e. The zero-order valence-electron chi connectivity index (χ0n) is 9.84. The lowest BCUT2D eigenvalue weighted by Crippen LogP contribution is -2.40. The van der Waals surface area contributed by atoms with Gasteiger partial charge in [-0.1, -0.05) is 6.07 Å². The topological polar surface area (TPSA) is 76.5 Å². The average Bonchev–Trinajstić information content (AvgIpc) is 2.30. The Morgan fingerprint density at radius 3 is 2.71 bits per heavy atom. The molecule has 0 radical (unpaired) electrons. The lowest BCUT2D eigenvalue weighted by Gasteiger charge is -2.22. The molecule has 0 amide bonds. The van der Waals surface area contributed by atoms with Crippen LogP contribution in [0.25, 0.3) is 0 Å². The first-order chi connectivity index (χ1) is 8.00. The monoisotopic (exact) mass is 237 g/mol. The summed E-state index contributed by atoms with van der Waals surface area (Å²) in [5.74, 6) is -1.92. The van der Waals surface area contributed by atoms with Gasteiger partial charge in [0.1, 0.15) is 0 Å². The van der Waals surface area contributed by atoms with Gasteiger partial charge >= 0.3 is 11.9 Å². The quantitative estimate of drug-likeness (QED) is 0.616. The highest BCUT2D eigenvalue weighted by Gasteiger charge is 2.43. The molecule has 0 aromatic carbocycles. The predicted octanol–water partition coefficient (Wildman–Crippen LogP) is 1.28. The number of aromatic nitrogens is 1. The van der Waals surface area contributed by atoms with Crippen LogP contribution in [0.3, 0.4) is 0 Å². The first-order valence-corrected chi connectivity index (χ1v) is 5.30. The number of esters is 1. The zero-order valence-corrected chi connectivity index (χ0v) is 9.84. The van der Waals surface area contributed by atoms with Crippen LogP contribution in [0.4, 0.5) is 0 Å². The standard InChI is InChI=1S/C12H15NO4/c1-3-17-11(16)12(2,10(14)15)7-9-5-4-6-13-8-9/h4-6,8H,3,7H2,1-2H3,(H,14,15). The van der Waals surface area contributed by atoms with Crippen molar-refractivity contribution in [3.63, 3.8) is 0 Å². The second kappa shape index (κ2) is 5.43. The van der Waals surface area contributed by atoms with E-state index in [9.17, 15) is 9.59 Å². The maximum Gasteiger partial charge on any atom is 0.323 e. The molecule has 1 aromatic heterocycles. The molecule has 1 rings (SSSR count). The molecule has 0 aliphatic rings. The van der Waals surface area contributed by atoms with Gasteiger partial charge < -0.3 is 9.84 Å². The molecule has 0 fully saturated rings. The molecule has 1 heterocycles. The van der Waals surface area contributed by atoms with E-state index in [4.69, 9.17) is 9.84 Å². The molecular formula is C12H15NO4. The third kappa shape index (κ3) is 3.03. The van der Waals surface area contributed by atoms with Crippen LogP contribution >= 0.6 is 0 Å². The number of hydrogen-bond donors (Lipinski definition) is 1. The maximum atomic E-state index is 11.7. The Bertz CT molecular complexity index is 404. The van der Waals surface area contributed by atoms with Crippen molar-refractivity contribution in [1.29, 1.82) is 0 Å². The lowest BCUT2D eigenvalue weighted by molar-refractivity contribution is -0.167. The Morgan fingerprint density at radius 2 is 2.24 bits per heavy atom. The highest BCUT2D eigenvalue weighted by Crippen LogP contribution is 2.24. The van der Waals surface area contributed by atoms with E-state index in [1.165, 1.54) is 6.92 Å². The number of carbonyl (C=O) groups is 2. The summed E-state index contributed by atoms with van der Waals surface area (Å²) in [7, 11) is 0. The number of aliphatic carboxylic acids is 1. The van der Waals surface area contributed by atoms with E-state index in [0.29, 0.717) is 5.56 Å². The van der Waals surface area contributed by atoms with Crippen molar-refractivity contribution < 1.29 is 19.4 Å². The summed E-state index contributed by atoms with van der Waals surface area (Å²) >= 11 is 0. The smallest absolute Gasteiger partial charge is 0.323 e. The number of carboxylic acid groups (broad SMARTS) is 1. The molecule has 0 aliphatic heterocycles. The van der Waals surface area contributed by atoms with Crippen molar-refractivity contribution >= 4 is 11.9 Å². The number of carboxylic acids is 1. The maximum absolute atomic E-state index is 11.7. The van der Waals surface area contributed by atoms with Crippen LogP contribution in [0.5, 0.6) is 0 Å². The van der Waals surface area contributed by atoms with Gasteiger partial charge in [-0.2, -0.15) is 0 Å². The van der Waals surface area contributed by atoms with Crippen LogP contribution in [0.1, 0.15) is 19.4 Å². The second-order valence-corrected chi connectivity index (χ2v) is 3.90. The third-order valence-corrected chi connectivity index (χ3v) is 2.48. The summed E-state index contributed by atoms with van der Waals surface area (Å²) in [6, 6.07) is 3.43. The summed E-state index contributed by atoms with van der Waals surface area (Å²) in [6.45, 7) is 3.17. The van der Waals surface area contributed by atoms with Crippen LogP contribution in [0.15, 0.2) is 24.5 Å². The Kier molecular flexibility index (Phi) is 4.20. The van der Waals surface area contributed by atoms with Gasteiger partial charge in [0.2, 0.25) is 0 Å². The summed E-state index contributed by atoms with van der Waals surface area (Å²) in [4.78, 5) is 26.8. The van der Waals surface area contributed by atoms with Crippen molar-refractivity contribution in [2.75, 3.05) is 6.61 Å². The van der Waals surface area contributed by atoms with E-state index in [1.54, 1.807) is 31.5 Å². The van der Waals surface area contributed by atoms with Gasteiger partial charge in [-0.25, -0.2) is 0 Å². The normalized spacial score (nSPS) is 13.8. The predicted molar refractivity (Wildman–Crippen MR) is 60.3 cm³/mol. The van der Waals surface area contributed by atoms with Gasteiger partial charge in [-0.05, 0) is 25.5 Å². The first-order valence-electron chi connectivity index (χ1n) is 5.30. The fourth-order valence-corrected chi connectivity index (χ4v) is 1.44. The molecule has 1 aromatic rings. The average molecular weight is 237 g/mol. The minimum absolute atomic E-state index is 0.0645. The minimum Gasteiger partial charge on any atom is -0.480 e. The molecule has 0 bridgehead atoms. The molecule has 1 N–H and O–H groups in total. The number of ether oxygens (including phenoxy) is 1. The van der Waals surface area contributed by atoms with E-state index >= 15 is 0 Å². The van der Waals surface area contributed by atoms with Crippen molar-refractivity contribution in [3.8, 4) is 0 Å². The third-order valence-electron chi connectivity index (χ3n) is 2.48. The molecule has 1 unspecified atom stereocenters. The summed E-state index contributed by atoms with van der Waals surface area (Å²) in [5, 5.41) is 9.17. The highest BCUT2D eigenvalue weighted by atomic mass is 16.5. The molecule has 92 valence electrons. The van der Waals surface area contributed by atoms with Crippen LogP contribution in [0, 0.1) is 5.41 Å². The van der Waals surface area contributed by atoms with Crippen LogP contribution in [-0.4, -0.2) is 28.6 Å². The highest BCUT2D eigenvalue weighted by molar-refractivity contribution is 5.98. The van der Waals surface area contributed by atoms with Crippen LogP contribution < -0.4 is 0 Å².